The molecule has 3 aliphatic rings. The van der Waals surface area contributed by atoms with Crippen molar-refractivity contribution < 1.29 is 19.0 Å². The fourth-order valence-corrected chi connectivity index (χ4v) is 6.14. The smallest absolute Gasteiger partial charge is 0.309 e. The number of aliphatic hydroxyl groups excluding tert-OH is 1. The van der Waals surface area contributed by atoms with Gasteiger partial charge in [0.05, 0.1) is 17.7 Å². The number of esters is 1. The summed E-state index contributed by atoms with van der Waals surface area (Å²) in [7, 11) is 0. The SMILES string of the molecule is C[C@H]1OC(=O)[C@@H]2C[C@@H]3C[C@H](O)CC[C@H]3[C@H](/C=C/c3ccc(-c4cccc(F)c4)cn3)[C@H]12. The molecule has 2 aromatic rings. The Kier molecular flexibility index (Phi) is 5.39. The molecule has 2 heterocycles. The largest absolute Gasteiger partial charge is 0.462 e. The third-order valence-corrected chi connectivity index (χ3v) is 7.55. The van der Waals surface area contributed by atoms with Crippen LogP contribution in [0.5, 0.6) is 0 Å². The number of carbonyl (C=O) groups excluding carboxylic acids is 1. The van der Waals surface area contributed by atoms with Crippen LogP contribution in [0.3, 0.4) is 0 Å². The summed E-state index contributed by atoms with van der Waals surface area (Å²) in [5.74, 6) is 0.842. The second-order valence-electron chi connectivity index (χ2n) is 9.37. The van der Waals surface area contributed by atoms with Gasteiger partial charge in [0.2, 0.25) is 0 Å². The van der Waals surface area contributed by atoms with Gasteiger partial charge in [0.1, 0.15) is 11.9 Å². The van der Waals surface area contributed by atoms with E-state index in [0.717, 1.165) is 42.5 Å². The molecule has 1 saturated heterocycles. The number of ether oxygens (including phenoxy) is 1. The molecular weight excluding hydrogens is 393 g/mol. The molecule has 5 rings (SSSR count). The first-order valence-electron chi connectivity index (χ1n) is 11.3. The minimum atomic E-state index is -0.261. The number of halogens is 1. The Balaban J connectivity index is 1.39. The van der Waals surface area contributed by atoms with E-state index in [-0.39, 0.29) is 41.7 Å². The maximum atomic E-state index is 13.5. The number of nitrogens with zero attached hydrogens (tertiary/aromatic N) is 1. The minimum Gasteiger partial charge on any atom is -0.462 e. The van der Waals surface area contributed by atoms with E-state index in [2.05, 4.69) is 11.1 Å². The lowest BCUT2D eigenvalue weighted by Crippen LogP contribution is -2.44. The molecule has 162 valence electrons. The van der Waals surface area contributed by atoms with Crippen LogP contribution in [-0.2, 0) is 9.53 Å². The monoisotopic (exact) mass is 421 g/mol. The molecule has 1 aromatic carbocycles. The zero-order valence-electron chi connectivity index (χ0n) is 17.7. The summed E-state index contributed by atoms with van der Waals surface area (Å²) in [6, 6.07) is 10.4. The topological polar surface area (TPSA) is 59.4 Å². The molecule has 3 fully saturated rings. The standard InChI is InChI=1S/C26H28FNO3/c1-15-25-23(22-10-8-21(29)12-18(22)13-24(25)26(30)31-15)9-7-20-6-5-17(14-28-20)16-3-2-4-19(27)11-16/h2-7,9,11,14-15,18,21-25,29H,8,10,12-13H2,1H3/b9-7+/t15-,18+,21-,22-,23+,24-,25+/m1/s1. The predicted octanol–water partition coefficient (Wildman–Crippen LogP) is 4.88. The number of hydrogen-bond donors (Lipinski definition) is 1. The van der Waals surface area contributed by atoms with E-state index in [1.54, 1.807) is 12.3 Å². The van der Waals surface area contributed by atoms with E-state index >= 15 is 0 Å². The van der Waals surface area contributed by atoms with E-state index < -0.39 is 0 Å². The van der Waals surface area contributed by atoms with Crippen molar-refractivity contribution >= 4 is 12.0 Å². The molecule has 2 aliphatic carbocycles. The van der Waals surface area contributed by atoms with Gasteiger partial charge in [0, 0.05) is 17.7 Å². The highest BCUT2D eigenvalue weighted by atomic mass is 19.1. The first-order valence-corrected chi connectivity index (χ1v) is 11.3. The number of aromatic nitrogens is 1. The van der Waals surface area contributed by atoms with Gasteiger partial charge in [0.15, 0.2) is 0 Å². The van der Waals surface area contributed by atoms with Crippen LogP contribution in [0.1, 0.15) is 38.3 Å². The van der Waals surface area contributed by atoms with Crippen LogP contribution in [0.2, 0.25) is 0 Å². The molecule has 0 amide bonds. The fraction of sp³-hybridized carbons (Fsp3) is 0.462. The van der Waals surface area contributed by atoms with Crippen LogP contribution in [0.15, 0.2) is 48.7 Å². The molecule has 0 spiro atoms. The highest BCUT2D eigenvalue weighted by molar-refractivity contribution is 5.75. The second kappa shape index (κ2) is 8.19. The average molecular weight is 422 g/mol. The highest BCUT2D eigenvalue weighted by Gasteiger charge is 2.54. The number of rotatable bonds is 3. The Hall–Kier alpha value is -2.53. The number of aliphatic hydroxyl groups is 1. The normalized spacial score (nSPS) is 34.9. The molecule has 1 N–H and O–H groups in total. The first-order chi connectivity index (χ1) is 15.0. The number of carbonyl (C=O) groups is 1. The van der Waals surface area contributed by atoms with E-state index in [0.29, 0.717) is 11.8 Å². The summed E-state index contributed by atoms with van der Waals surface area (Å²) in [5.41, 5.74) is 2.52. The Morgan fingerprint density at radius 1 is 1.16 bits per heavy atom. The van der Waals surface area contributed by atoms with Gasteiger partial charge in [-0.15, -0.1) is 0 Å². The lowest BCUT2D eigenvalue weighted by molar-refractivity contribution is -0.144. The lowest BCUT2D eigenvalue weighted by Gasteiger charge is -2.46. The molecule has 4 nitrogen and oxygen atoms in total. The lowest BCUT2D eigenvalue weighted by atomic mass is 9.57. The van der Waals surface area contributed by atoms with Crippen molar-refractivity contribution in [3.05, 3.63) is 60.2 Å². The second-order valence-corrected chi connectivity index (χ2v) is 9.37. The van der Waals surface area contributed by atoms with Gasteiger partial charge >= 0.3 is 5.97 Å². The average Bonchev–Trinajstić information content (AvgIpc) is 3.04. The van der Waals surface area contributed by atoms with Crippen LogP contribution in [-0.4, -0.2) is 28.3 Å². The summed E-state index contributed by atoms with van der Waals surface area (Å²) in [6.45, 7) is 2.01. The van der Waals surface area contributed by atoms with Gasteiger partial charge < -0.3 is 9.84 Å². The summed E-state index contributed by atoms with van der Waals surface area (Å²) in [5, 5.41) is 10.2. The van der Waals surface area contributed by atoms with Gasteiger partial charge in [-0.1, -0.05) is 24.3 Å². The van der Waals surface area contributed by atoms with Crippen LogP contribution in [0.25, 0.3) is 17.2 Å². The molecule has 0 unspecified atom stereocenters. The number of fused-ring (bicyclic) bond motifs is 2. The van der Waals surface area contributed by atoms with E-state index in [9.17, 15) is 14.3 Å². The van der Waals surface area contributed by atoms with Crippen molar-refractivity contribution in [2.75, 3.05) is 0 Å². The highest BCUT2D eigenvalue weighted by Crippen LogP contribution is 2.53. The van der Waals surface area contributed by atoms with Crippen molar-refractivity contribution in [3.63, 3.8) is 0 Å². The molecule has 7 atom stereocenters. The van der Waals surface area contributed by atoms with Crippen molar-refractivity contribution in [3.8, 4) is 11.1 Å². The van der Waals surface area contributed by atoms with Gasteiger partial charge in [0.25, 0.3) is 0 Å². The molecule has 1 aromatic heterocycles. The van der Waals surface area contributed by atoms with Crippen LogP contribution in [0.4, 0.5) is 4.39 Å². The van der Waals surface area contributed by atoms with Crippen molar-refractivity contribution in [2.45, 2.75) is 44.8 Å². The third-order valence-electron chi connectivity index (χ3n) is 7.55. The predicted molar refractivity (Wildman–Crippen MR) is 116 cm³/mol. The van der Waals surface area contributed by atoms with E-state index in [1.807, 2.05) is 31.2 Å². The molecule has 0 radical (unpaired) electrons. The van der Waals surface area contributed by atoms with E-state index in [4.69, 9.17) is 4.74 Å². The van der Waals surface area contributed by atoms with Crippen LogP contribution >= 0.6 is 0 Å². The van der Waals surface area contributed by atoms with Crippen molar-refractivity contribution in [1.29, 1.82) is 0 Å². The molecular formula is C26H28FNO3. The molecule has 5 heteroatoms. The van der Waals surface area contributed by atoms with Crippen LogP contribution in [0, 0.1) is 35.4 Å². The summed E-state index contributed by atoms with van der Waals surface area (Å²) >= 11 is 0. The maximum Gasteiger partial charge on any atom is 0.309 e. The Morgan fingerprint density at radius 3 is 2.81 bits per heavy atom. The van der Waals surface area contributed by atoms with Crippen LogP contribution < -0.4 is 0 Å². The number of pyridine rings is 1. The van der Waals surface area contributed by atoms with Crippen molar-refractivity contribution in [2.24, 2.45) is 29.6 Å². The number of benzene rings is 1. The minimum absolute atomic E-state index is 0.0699. The quantitative estimate of drug-likeness (QED) is 0.718. The summed E-state index contributed by atoms with van der Waals surface area (Å²) in [6.07, 6.45) is 9.11. The molecule has 2 saturated carbocycles. The Bertz CT molecular complexity index is 988. The summed E-state index contributed by atoms with van der Waals surface area (Å²) < 4.78 is 19.1. The van der Waals surface area contributed by atoms with E-state index in [1.165, 1.54) is 12.1 Å². The zero-order valence-corrected chi connectivity index (χ0v) is 17.7. The van der Waals surface area contributed by atoms with Crippen molar-refractivity contribution in [1.82, 2.24) is 4.98 Å². The fourth-order valence-electron chi connectivity index (χ4n) is 6.14. The maximum absolute atomic E-state index is 13.5. The van der Waals surface area contributed by atoms with Gasteiger partial charge in [-0.25, -0.2) is 4.39 Å². The molecule has 31 heavy (non-hydrogen) atoms. The Labute approximate surface area is 182 Å². The van der Waals surface area contributed by atoms with Gasteiger partial charge in [-0.2, -0.15) is 0 Å². The number of cyclic esters (lactones) is 1. The first kappa shape index (κ1) is 20.4. The molecule has 0 bridgehead atoms. The third kappa shape index (κ3) is 3.91. The van der Waals surface area contributed by atoms with Gasteiger partial charge in [-0.05, 0) is 80.2 Å². The summed E-state index contributed by atoms with van der Waals surface area (Å²) in [4.78, 5) is 17.0. The zero-order chi connectivity index (χ0) is 21.5. The molecule has 1 aliphatic heterocycles. The Morgan fingerprint density at radius 2 is 2.03 bits per heavy atom. The number of hydrogen-bond acceptors (Lipinski definition) is 4. The number of allylic oxidation sites excluding steroid dienone is 1. The van der Waals surface area contributed by atoms with Gasteiger partial charge in [-0.3, -0.25) is 9.78 Å².